The lowest BCUT2D eigenvalue weighted by Crippen LogP contribution is -3.08. The zero-order valence-corrected chi connectivity index (χ0v) is 17.5. The summed E-state index contributed by atoms with van der Waals surface area (Å²) in [4.78, 5) is 27.7. The van der Waals surface area contributed by atoms with Crippen LogP contribution in [-0.4, -0.2) is 44.7 Å². The van der Waals surface area contributed by atoms with Crippen molar-refractivity contribution in [3.05, 3.63) is 65.2 Å². The minimum absolute atomic E-state index is 0.0468. The molecule has 3 N–H and O–H groups in total. The highest BCUT2D eigenvalue weighted by molar-refractivity contribution is 5.96. The fourth-order valence-electron chi connectivity index (χ4n) is 3.61. The minimum Gasteiger partial charge on any atom is -0.333 e. The Balaban J connectivity index is 1.41. The summed E-state index contributed by atoms with van der Waals surface area (Å²) in [5, 5.41) is 5.85. The van der Waals surface area contributed by atoms with E-state index in [1.54, 1.807) is 4.90 Å². The second-order valence-corrected chi connectivity index (χ2v) is 7.94. The summed E-state index contributed by atoms with van der Waals surface area (Å²) < 4.78 is 0. The van der Waals surface area contributed by atoms with Gasteiger partial charge < -0.3 is 20.4 Å². The number of carbonyl (C=O) groups is 2. The van der Waals surface area contributed by atoms with Crippen molar-refractivity contribution in [3.8, 4) is 0 Å². The predicted molar refractivity (Wildman–Crippen MR) is 115 cm³/mol. The van der Waals surface area contributed by atoms with Gasteiger partial charge in [0, 0.05) is 24.2 Å². The van der Waals surface area contributed by atoms with E-state index in [2.05, 4.69) is 36.7 Å². The quantitative estimate of drug-likeness (QED) is 0.664. The number of nitrogens with one attached hydrogen (secondary N) is 3. The number of amides is 3. The van der Waals surface area contributed by atoms with Crippen LogP contribution < -0.4 is 20.4 Å². The third-order valence-corrected chi connectivity index (χ3v) is 5.45. The number of nitrogens with zero attached hydrogens (tertiary/aromatic N) is 1. The van der Waals surface area contributed by atoms with Gasteiger partial charge in [-0.05, 0) is 37.1 Å². The topological polar surface area (TPSA) is 65.9 Å². The van der Waals surface area contributed by atoms with Crippen molar-refractivity contribution in [1.29, 1.82) is 0 Å². The summed E-state index contributed by atoms with van der Waals surface area (Å²) >= 11 is 0. The highest BCUT2D eigenvalue weighted by Gasteiger charge is 2.31. The molecule has 1 fully saturated rings. The van der Waals surface area contributed by atoms with Crippen LogP contribution >= 0.6 is 0 Å². The first-order valence-electron chi connectivity index (χ1n) is 10.2. The molecule has 2 atom stereocenters. The molecule has 0 aromatic heterocycles. The molecule has 0 spiro atoms. The first kappa shape index (κ1) is 20.9. The SMILES string of the molecule is Cc1ccc(N2C[C@H](NC(=O)NCC[NH+](C)Cc3ccccc3)CC2=O)cc1C. The highest BCUT2D eigenvalue weighted by atomic mass is 16.2. The first-order chi connectivity index (χ1) is 13.9. The van der Waals surface area contributed by atoms with Gasteiger partial charge in [-0.25, -0.2) is 4.79 Å². The van der Waals surface area contributed by atoms with Gasteiger partial charge in [-0.15, -0.1) is 0 Å². The van der Waals surface area contributed by atoms with E-state index < -0.39 is 0 Å². The lowest BCUT2D eigenvalue weighted by atomic mass is 10.1. The van der Waals surface area contributed by atoms with E-state index in [1.807, 2.05) is 43.3 Å². The van der Waals surface area contributed by atoms with Crippen LogP contribution in [-0.2, 0) is 11.3 Å². The molecule has 0 saturated carbocycles. The third kappa shape index (κ3) is 5.81. The summed E-state index contributed by atoms with van der Waals surface area (Å²) in [5.74, 6) is 0.0468. The molecule has 2 aromatic carbocycles. The van der Waals surface area contributed by atoms with Gasteiger partial charge in [0.15, 0.2) is 0 Å². The van der Waals surface area contributed by atoms with Crippen molar-refractivity contribution in [3.63, 3.8) is 0 Å². The van der Waals surface area contributed by atoms with Gasteiger partial charge in [0.2, 0.25) is 5.91 Å². The maximum atomic E-state index is 12.4. The molecule has 2 aromatic rings. The molecule has 1 heterocycles. The molecule has 1 saturated heterocycles. The van der Waals surface area contributed by atoms with E-state index in [1.165, 1.54) is 16.0 Å². The number of carbonyl (C=O) groups excluding carboxylic acids is 2. The summed E-state index contributed by atoms with van der Waals surface area (Å²) in [5.41, 5.74) is 4.54. The Labute approximate surface area is 172 Å². The van der Waals surface area contributed by atoms with Crippen LogP contribution in [0.3, 0.4) is 0 Å². The van der Waals surface area contributed by atoms with Gasteiger partial charge >= 0.3 is 6.03 Å². The lowest BCUT2D eigenvalue weighted by Gasteiger charge is -2.19. The number of urea groups is 1. The molecule has 1 aliphatic rings. The van der Waals surface area contributed by atoms with Gasteiger partial charge in [-0.3, -0.25) is 4.79 Å². The summed E-state index contributed by atoms with van der Waals surface area (Å²) in [7, 11) is 2.11. The Morgan fingerprint density at radius 3 is 2.62 bits per heavy atom. The maximum absolute atomic E-state index is 12.4. The fourth-order valence-corrected chi connectivity index (χ4v) is 3.61. The average Bonchev–Trinajstić information content (AvgIpc) is 3.04. The van der Waals surface area contributed by atoms with Crippen molar-refractivity contribution >= 4 is 17.6 Å². The third-order valence-electron chi connectivity index (χ3n) is 5.45. The van der Waals surface area contributed by atoms with Crippen LogP contribution in [0.15, 0.2) is 48.5 Å². The summed E-state index contributed by atoms with van der Waals surface area (Å²) in [6.07, 6.45) is 0.333. The number of anilines is 1. The zero-order valence-electron chi connectivity index (χ0n) is 17.5. The molecule has 3 rings (SSSR count). The normalized spacial score (nSPS) is 17.3. The molecule has 0 aliphatic carbocycles. The molecule has 6 heteroatoms. The van der Waals surface area contributed by atoms with E-state index in [-0.39, 0.29) is 18.0 Å². The Kier molecular flexibility index (Phi) is 6.88. The van der Waals surface area contributed by atoms with Crippen molar-refractivity contribution in [1.82, 2.24) is 10.6 Å². The van der Waals surface area contributed by atoms with Gasteiger partial charge in [0.25, 0.3) is 0 Å². The Morgan fingerprint density at radius 2 is 1.90 bits per heavy atom. The van der Waals surface area contributed by atoms with E-state index in [0.717, 1.165) is 24.3 Å². The lowest BCUT2D eigenvalue weighted by molar-refractivity contribution is -0.892. The average molecular weight is 396 g/mol. The Morgan fingerprint density at radius 1 is 1.14 bits per heavy atom. The van der Waals surface area contributed by atoms with Gasteiger partial charge in [-0.1, -0.05) is 36.4 Å². The zero-order chi connectivity index (χ0) is 20.8. The second kappa shape index (κ2) is 9.56. The van der Waals surface area contributed by atoms with Crippen LogP contribution in [0.1, 0.15) is 23.1 Å². The monoisotopic (exact) mass is 395 g/mol. The van der Waals surface area contributed by atoms with Crippen molar-refractivity contribution < 1.29 is 14.5 Å². The van der Waals surface area contributed by atoms with Crippen LogP contribution in [0.4, 0.5) is 10.5 Å². The number of hydrogen-bond acceptors (Lipinski definition) is 2. The van der Waals surface area contributed by atoms with E-state index in [4.69, 9.17) is 0 Å². The van der Waals surface area contributed by atoms with Crippen molar-refractivity contribution in [2.45, 2.75) is 32.9 Å². The molecule has 0 radical (unpaired) electrons. The van der Waals surface area contributed by atoms with Crippen molar-refractivity contribution in [2.24, 2.45) is 0 Å². The van der Waals surface area contributed by atoms with Gasteiger partial charge in [0.05, 0.1) is 26.2 Å². The summed E-state index contributed by atoms with van der Waals surface area (Å²) in [6.45, 7) is 6.95. The number of benzene rings is 2. The molecular formula is C23H31N4O2+. The van der Waals surface area contributed by atoms with E-state index in [9.17, 15) is 9.59 Å². The molecule has 3 amide bonds. The van der Waals surface area contributed by atoms with E-state index >= 15 is 0 Å². The van der Waals surface area contributed by atoms with Crippen LogP contribution in [0.25, 0.3) is 0 Å². The fraction of sp³-hybridized carbons (Fsp3) is 0.391. The molecule has 154 valence electrons. The van der Waals surface area contributed by atoms with Crippen molar-refractivity contribution in [2.75, 3.05) is 31.6 Å². The smallest absolute Gasteiger partial charge is 0.315 e. The number of aryl methyl sites for hydroxylation is 2. The minimum atomic E-state index is -0.211. The maximum Gasteiger partial charge on any atom is 0.315 e. The second-order valence-electron chi connectivity index (χ2n) is 7.94. The largest absolute Gasteiger partial charge is 0.333 e. The van der Waals surface area contributed by atoms with E-state index in [0.29, 0.717) is 19.5 Å². The standard InChI is InChI=1S/C23H30N4O2/c1-17-9-10-21(13-18(17)2)27-16-20(14-22(27)28)25-23(29)24-11-12-26(3)15-19-7-5-4-6-8-19/h4-10,13,20H,11-12,14-16H2,1-3H3,(H2,24,25,29)/p+1/t20-/m1/s1. The van der Waals surface area contributed by atoms with Crippen LogP contribution in [0.2, 0.25) is 0 Å². The first-order valence-corrected chi connectivity index (χ1v) is 10.2. The number of hydrogen-bond donors (Lipinski definition) is 3. The van der Waals surface area contributed by atoms with Gasteiger partial charge in [-0.2, -0.15) is 0 Å². The number of quaternary nitrogens is 1. The van der Waals surface area contributed by atoms with Gasteiger partial charge in [0.1, 0.15) is 6.54 Å². The molecule has 6 nitrogen and oxygen atoms in total. The Bertz CT molecular complexity index is 853. The summed E-state index contributed by atoms with van der Waals surface area (Å²) in [6, 6.07) is 16.0. The number of rotatable bonds is 7. The van der Waals surface area contributed by atoms with Crippen LogP contribution in [0.5, 0.6) is 0 Å². The van der Waals surface area contributed by atoms with Crippen LogP contribution in [0, 0.1) is 13.8 Å². The molecule has 29 heavy (non-hydrogen) atoms. The number of likely N-dealkylation sites (N-methyl/N-ethyl adjacent to an activating group) is 1. The predicted octanol–water partition coefficient (Wildman–Crippen LogP) is 1.42. The Hall–Kier alpha value is -2.86. The molecule has 1 aliphatic heterocycles. The molecule has 0 bridgehead atoms. The molecule has 1 unspecified atom stereocenters. The highest BCUT2D eigenvalue weighted by Crippen LogP contribution is 2.24. The molecular weight excluding hydrogens is 364 g/mol.